The Labute approximate surface area is 75.5 Å². The van der Waals surface area contributed by atoms with Crippen molar-refractivity contribution in [3.63, 3.8) is 0 Å². The molecule has 0 spiro atoms. The summed E-state index contributed by atoms with van der Waals surface area (Å²) < 4.78 is 0. The van der Waals surface area contributed by atoms with E-state index in [1.165, 1.54) is 12.3 Å². The van der Waals surface area contributed by atoms with E-state index >= 15 is 0 Å². The molecule has 0 saturated heterocycles. The Morgan fingerprint density at radius 3 is 2.83 bits per heavy atom. The first-order valence-electron chi connectivity index (χ1n) is 3.08. The van der Waals surface area contributed by atoms with Gasteiger partial charge in [0.05, 0.1) is 5.75 Å². The molecule has 0 bridgehead atoms. The Hall–Kier alpha value is -1.34. The Kier molecular flexibility index (Phi) is 5.66. The van der Waals surface area contributed by atoms with Crippen molar-refractivity contribution in [3.05, 3.63) is 24.4 Å². The Morgan fingerprint density at radius 2 is 2.42 bits per heavy atom. The number of ketones is 1. The van der Waals surface area contributed by atoms with Crippen molar-refractivity contribution < 1.29 is 4.79 Å². The molecule has 4 heteroatoms. The third-order valence-electron chi connectivity index (χ3n) is 1.04. The summed E-state index contributed by atoms with van der Waals surface area (Å²) in [5.41, 5.74) is 0.382. The normalized spacial score (nSPS) is 10.1. The van der Waals surface area contributed by atoms with E-state index in [1.54, 1.807) is 0 Å². The maximum atomic E-state index is 11.1. The molecular weight excluding hydrogens is 172 g/mol. The summed E-state index contributed by atoms with van der Waals surface area (Å²) in [5.74, 6) is -0.0342. The molecule has 0 aliphatic heterocycles. The van der Waals surface area contributed by atoms with Gasteiger partial charge >= 0.3 is 0 Å². The second kappa shape index (κ2) is 6.38. The number of Topliss-reactive ketones (excluding diaryl/α,β-unsaturated/α-hetero) is 1. The topological polar surface area (TPSA) is 53.2 Å². The molecule has 0 N–H and O–H groups in total. The SMILES string of the molecule is C=C/C(=C\N=C)C(=O)CSC#N. The highest BCUT2D eigenvalue weighted by Crippen LogP contribution is 2.04. The number of allylic oxidation sites excluding steroid dienone is 2. The number of carbonyl (C=O) groups is 1. The van der Waals surface area contributed by atoms with Gasteiger partial charge in [-0.3, -0.25) is 9.79 Å². The second-order valence-corrected chi connectivity index (χ2v) is 2.53. The first-order valence-corrected chi connectivity index (χ1v) is 4.07. The lowest BCUT2D eigenvalue weighted by atomic mass is 10.2. The smallest absolute Gasteiger partial charge is 0.175 e. The quantitative estimate of drug-likeness (QED) is 0.279. The molecule has 3 nitrogen and oxygen atoms in total. The number of rotatable bonds is 5. The molecule has 0 aromatic rings. The predicted octanol–water partition coefficient (Wildman–Crippen LogP) is 1.54. The number of carbonyl (C=O) groups excluding carboxylic acids is 1. The van der Waals surface area contributed by atoms with E-state index in [4.69, 9.17) is 5.26 Å². The molecule has 62 valence electrons. The lowest BCUT2D eigenvalue weighted by Crippen LogP contribution is -2.02. The second-order valence-electron chi connectivity index (χ2n) is 1.77. The number of nitriles is 1. The number of thiocyanates is 1. The zero-order chi connectivity index (χ0) is 9.40. The maximum absolute atomic E-state index is 11.1. The minimum Gasteiger partial charge on any atom is -0.293 e. The summed E-state index contributed by atoms with van der Waals surface area (Å²) in [6.45, 7) is 6.65. The molecule has 0 aromatic carbocycles. The molecule has 12 heavy (non-hydrogen) atoms. The van der Waals surface area contributed by atoms with Crippen LogP contribution in [0.2, 0.25) is 0 Å². The standard InChI is InChI=1S/C8H8N2OS/c1-3-7(4-10-2)8(11)5-12-6-9/h3-4H,1-2,5H2/b7-4+. The van der Waals surface area contributed by atoms with Gasteiger partial charge in [0.15, 0.2) is 5.78 Å². The van der Waals surface area contributed by atoms with Gasteiger partial charge in [-0.2, -0.15) is 5.26 Å². The average molecular weight is 180 g/mol. The maximum Gasteiger partial charge on any atom is 0.175 e. The highest BCUT2D eigenvalue weighted by Gasteiger charge is 2.04. The van der Waals surface area contributed by atoms with E-state index in [2.05, 4.69) is 18.3 Å². The Balaban J connectivity index is 4.24. The summed E-state index contributed by atoms with van der Waals surface area (Å²) in [6.07, 6.45) is 2.72. The van der Waals surface area contributed by atoms with Crippen molar-refractivity contribution >= 4 is 24.3 Å². The highest BCUT2D eigenvalue weighted by molar-refractivity contribution is 8.04. The van der Waals surface area contributed by atoms with Crippen LogP contribution in [0.3, 0.4) is 0 Å². The number of hydrogen-bond acceptors (Lipinski definition) is 4. The number of hydrogen-bond donors (Lipinski definition) is 0. The summed E-state index contributed by atoms with van der Waals surface area (Å²) in [4.78, 5) is 14.6. The van der Waals surface area contributed by atoms with E-state index in [0.29, 0.717) is 5.57 Å². The van der Waals surface area contributed by atoms with Gasteiger partial charge in [0.1, 0.15) is 5.40 Å². The molecule has 0 amide bonds. The zero-order valence-corrected chi connectivity index (χ0v) is 7.30. The van der Waals surface area contributed by atoms with Crippen molar-refractivity contribution in [1.82, 2.24) is 0 Å². The summed E-state index contributed by atoms with van der Waals surface area (Å²) >= 11 is 0.891. The van der Waals surface area contributed by atoms with Gasteiger partial charge in [0, 0.05) is 11.8 Å². The van der Waals surface area contributed by atoms with Crippen LogP contribution in [0.25, 0.3) is 0 Å². The van der Waals surface area contributed by atoms with Crippen LogP contribution in [0, 0.1) is 10.7 Å². The van der Waals surface area contributed by atoms with Gasteiger partial charge in [-0.25, -0.2) is 0 Å². The van der Waals surface area contributed by atoms with Crippen LogP contribution in [-0.4, -0.2) is 18.3 Å². The Bertz CT molecular complexity index is 263. The lowest BCUT2D eigenvalue weighted by Gasteiger charge is -1.94. The van der Waals surface area contributed by atoms with Crippen molar-refractivity contribution in [2.24, 2.45) is 4.99 Å². The van der Waals surface area contributed by atoms with E-state index in [1.807, 2.05) is 5.40 Å². The van der Waals surface area contributed by atoms with E-state index in [-0.39, 0.29) is 11.5 Å². The molecule has 0 fully saturated rings. The van der Waals surface area contributed by atoms with Crippen LogP contribution < -0.4 is 0 Å². The van der Waals surface area contributed by atoms with Crippen molar-refractivity contribution in [1.29, 1.82) is 5.26 Å². The van der Waals surface area contributed by atoms with Crippen LogP contribution in [-0.2, 0) is 4.79 Å². The molecule has 0 radical (unpaired) electrons. The van der Waals surface area contributed by atoms with Crippen LogP contribution in [0.1, 0.15) is 0 Å². The fraction of sp³-hybridized carbons (Fsp3) is 0.125. The molecule has 0 heterocycles. The monoisotopic (exact) mass is 180 g/mol. The summed E-state index contributed by atoms with van der Waals surface area (Å²) in [6, 6.07) is 0. The molecule has 0 saturated carbocycles. The van der Waals surface area contributed by atoms with Crippen LogP contribution >= 0.6 is 11.8 Å². The van der Waals surface area contributed by atoms with Gasteiger partial charge in [-0.15, -0.1) is 0 Å². The molecular formula is C8H8N2OS. The number of thioether (sulfide) groups is 1. The third-order valence-corrected chi connectivity index (χ3v) is 1.58. The van der Waals surface area contributed by atoms with E-state index in [9.17, 15) is 4.79 Å². The lowest BCUT2D eigenvalue weighted by molar-refractivity contribution is -0.112. The van der Waals surface area contributed by atoms with Gasteiger partial charge in [-0.1, -0.05) is 12.7 Å². The highest BCUT2D eigenvalue weighted by atomic mass is 32.2. The zero-order valence-electron chi connectivity index (χ0n) is 6.49. The average Bonchev–Trinajstić information content (AvgIpc) is 2.10. The third kappa shape index (κ3) is 3.74. The predicted molar refractivity (Wildman–Crippen MR) is 50.9 cm³/mol. The summed E-state index contributed by atoms with van der Waals surface area (Å²) in [7, 11) is 0. The molecule has 0 rings (SSSR count). The fourth-order valence-electron chi connectivity index (χ4n) is 0.518. The van der Waals surface area contributed by atoms with Crippen LogP contribution in [0.15, 0.2) is 29.4 Å². The van der Waals surface area contributed by atoms with Gasteiger partial charge in [-0.05, 0) is 18.5 Å². The minimum atomic E-state index is -0.163. The molecule has 0 aliphatic carbocycles. The minimum absolute atomic E-state index is 0.129. The fourth-order valence-corrected chi connectivity index (χ4v) is 0.880. The molecule has 0 unspecified atom stereocenters. The van der Waals surface area contributed by atoms with E-state index < -0.39 is 0 Å². The van der Waals surface area contributed by atoms with Crippen molar-refractivity contribution in [2.75, 3.05) is 5.75 Å². The van der Waals surface area contributed by atoms with E-state index in [0.717, 1.165) is 11.8 Å². The van der Waals surface area contributed by atoms with Gasteiger partial charge < -0.3 is 0 Å². The molecule has 0 aliphatic rings. The number of nitrogens with zero attached hydrogens (tertiary/aromatic N) is 2. The summed E-state index contributed by atoms with van der Waals surface area (Å²) in [5, 5.41) is 9.99. The van der Waals surface area contributed by atoms with Crippen molar-refractivity contribution in [2.45, 2.75) is 0 Å². The first kappa shape index (κ1) is 10.7. The Morgan fingerprint density at radius 1 is 1.75 bits per heavy atom. The molecule has 0 aromatic heterocycles. The number of aliphatic imine (C=N–C) groups is 1. The van der Waals surface area contributed by atoms with Crippen LogP contribution in [0.4, 0.5) is 0 Å². The first-order chi connectivity index (χ1) is 5.76. The van der Waals surface area contributed by atoms with Gasteiger partial charge in [0.25, 0.3) is 0 Å². The molecule has 0 atom stereocenters. The van der Waals surface area contributed by atoms with Gasteiger partial charge in [0.2, 0.25) is 0 Å². The van der Waals surface area contributed by atoms with Crippen LogP contribution in [0.5, 0.6) is 0 Å². The largest absolute Gasteiger partial charge is 0.293 e. The van der Waals surface area contributed by atoms with Crippen molar-refractivity contribution in [3.8, 4) is 5.40 Å².